The number of H-pyrrole nitrogens is 1. The number of nitrogens with zero attached hydrogens (tertiary/aromatic N) is 1. The summed E-state index contributed by atoms with van der Waals surface area (Å²) in [7, 11) is 0. The van der Waals surface area contributed by atoms with Gasteiger partial charge in [-0.1, -0.05) is 50.3 Å². The van der Waals surface area contributed by atoms with Crippen LogP contribution in [0.4, 0.5) is 5.82 Å². The molecule has 0 saturated heterocycles. The van der Waals surface area contributed by atoms with E-state index in [4.69, 9.17) is 0 Å². The number of rotatable bonds is 4. The van der Waals surface area contributed by atoms with Gasteiger partial charge in [0.1, 0.15) is 17.5 Å². The van der Waals surface area contributed by atoms with Gasteiger partial charge in [-0.15, -0.1) is 0 Å². The summed E-state index contributed by atoms with van der Waals surface area (Å²) in [4.78, 5) is 3.32. The number of fused-ring (bicyclic) bond motifs is 1. The zero-order chi connectivity index (χ0) is 13.8. The fourth-order valence-corrected chi connectivity index (χ4v) is 3.27. The first kappa shape index (κ1) is 13.1. The number of aromatic nitrogens is 1. The Morgan fingerprint density at radius 2 is 2.00 bits per heavy atom. The van der Waals surface area contributed by atoms with E-state index in [1.807, 2.05) is 24.3 Å². The second-order valence-electron chi connectivity index (χ2n) is 5.75. The lowest BCUT2D eigenvalue weighted by atomic mass is 9.87. The highest BCUT2D eigenvalue weighted by Crippen LogP contribution is 2.28. The number of benzene rings is 1. The monoisotopic (exact) mass is 267 g/mol. The van der Waals surface area contributed by atoms with Crippen molar-refractivity contribution in [2.24, 2.45) is 5.92 Å². The number of anilines is 1. The van der Waals surface area contributed by atoms with Gasteiger partial charge in [0.25, 0.3) is 0 Å². The second-order valence-corrected chi connectivity index (χ2v) is 5.75. The molecule has 3 heteroatoms. The highest BCUT2D eigenvalue weighted by molar-refractivity contribution is 5.91. The molecule has 1 fully saturated rings. The van der Waals surface area contributed by atoms with Gasteiger partial charge in [0.2, 0.25) is 0 Å². The molecule has 1 heterocycles. The van der Waals surface area contributed by atoms with Gasteiger partial charge in [-0.3, -0.25) is 0 Å². The summed E-state index contributed by atoms with van der Waals surface area (Å²) in [5, 5.41) is 13.8. The molecule has 1 aromatic heterocycles. The highest BCUT2D eigenvalue weighted by Gasteiger charge is 2.14. The summed E-state index contributed by atoms with van der Waals surface area (Å²) in [6, 6.07) is 10.3. The van der Waals surface area contributed by atoms with Crippen LogP contribution < -0.4 is 5.32 Å². The fourth-order valence-electron chi connectivity index (χ4n) is 3.27. The van der Waals surface area contributed by atoms with Gasteiger partial charge < -0.3 is 10.3 Å². The van der Waals surface area contributed by atoms with E-state index < -0.39 is 0 Å². The number of aromatic amines is 1. The third-order valence-corrected chi connectivity index (χ3v) is 4.40. The van der Waals surface area contributed by atoms with Crippen molar-refractivity contribution in [1.29, 1.82) is 5.26 Å². The predicted octanol–water partition coefficient (Wildman–Crippen LogP) is 4.42. The van der Waals surface area contributed by atoms with Crippen molar-refractivity contribution >= 4 is 16.7 Å². The lowest BCUT2D eigenvalue weighted by Gasteiger charge is -2.21. The van der Waals surface area contributed by atoms with E-state index in [0.717, 1.165) is 34.7 Å². The minimum atomic E-state index is 0.740. The molecule has 0 radical (unpaired) electrons. The maximum atomic E-state index is 9.34. The molecule has 0 atom stereocenters. The molecule has 0 amide bonds. The summed E-state index contributed by atoms with van der Waals surface area (Å²) in [5.41, 5.74) is 1.77. The topological polar surface area (TPSA) is 51.6 Å². The summed E-state index contributed by atoms with van der Waals surface area (Å²) in [6.07, 6.45) is 8.14. The number of nitrogens with one attached hydrogen (secondary N) is 2. The normalized spacial score (nSPS) is 16.1. The van der Waals surface area contributed by atoms with Crippen LogP contribution in [0.25, 0.3) is 10.9 Å². The van der Waals surface area contributed by atoms with E-state index in [2.05, 4.69) is 16.4 Å². The van der Waals surface area contributed by atoms with Gasteiger partial charge in [-0.2, -0.15) is 5.26 Å². The van der Waals surface area contributed by atoms with Crippen LogP contribution in [0.3, 0.4) is 0 Å². The largest absolute Gasteiger partial charge is 0.370 e. The first-order valence-electron chi connectivity index (χ1n) is 7.63. The molecule has 3 nitrogen and oxygen atoms in total. The number of hydrogen-bond acceptors (Lipinski definition) is 2. The Morgan fingerprint density at radius 3 is 2.80 bits per heavy atom. The third-order valence-electron chi connectivity index (χ3n) is 4.40. The van der Waals surface area contributed by atoms with Gasteiger partial charge in [0, 0.05) is 17.4 Å². The molecule has 0 bridgehead atoms. The molecule has 1 aliphatic rings. The molecule has 20 heavy (non-hydrogen) atoms. The molecule has 0 aliphatic heterocycles. The molecular formula is C17H21N3. The van der Waals surface area contributed by atoms with E-state index in [-0.39, 0.29) is 0 Å². The minimum absolute atomic E-state index is 0.740. The van der Waals surface area contributed by atoms with Gasteiger partial charge in [0.15, 0.2) is 0 Å². The van der Waals surface area contributed by atoms with Crippen molar-refractivity contribution < 1.29 is 0 Å². The van der Waals surface area contributed by atoms with Crippen molar-refractivity contribution in [3.05, 3.63) is 29.8 Å². The Bertz CT molecular complexity index is 615. The third kappa shape index (κ3) is 2.65. The Hall–Kier alpha value is -1.95. The lowest BCUT2D eigenvalue weighted by Crippen LogP contribution is -2.12. The molecule has 1 aromatic carbocycles. The van der Waals surface area contributed by atoms with Crippen LogP contribution in [-0.2, 0) is 0 Å². The lowest BCUT2D eigenvalue weighted by molar-refractivity contribution is 0.345. The first-order chi connectivity index (χ1) is 9.88. The molecule has 1 saturated carbocycles. The Kier molecular flexibility index (Phi) is 3.92. The van der Waals surface area contributed by atoms with Crippen LogP contribution in [0.1, 0.15) is 44.1 Å². The zero-order valence-electron chi connectivity index (χ0n) is 11.8. The van der Waals surface area contributed by atoms with Crippen LogP contribution in [-0.4, -0.2) is 11.5 Å². The Morgan fingerprint density at radius 1 is 1.20 bits per heavy atom. The predicted molar refractivity (Wildman–Crippen MR) is 82.7 cm³/mol. The molecule has 2 N–H and O–H groups in total. The van der Waals surface area contributed by atoms with Crippen LogP contribution in [0.5, 0.6) is 0 Å². The average Bonchev–Trinajstić information content (AvgIpc) is 2.86. The molecule has 0 unspecified atom stereocenters. The van der Waals surface area contributed by atoms with Crippen LogP contribution in [0, 0.1) is 17.2 Å². The van der Waals surface area contributed by atoms with Crippen LogP contribution in [0.2, 0.25) is 0 Å². The Balaban J connectivity index is 1.66. The van der Waals surface area contributed by atoms with E-state index in [1.54, 1.807) is 0 Å². The summed E-state index contributed by atoms with van der Waals surface area (Å²) in [6.45, 7) is 0.951. The van der Waals surface area contributed by atoms with Crippen LogP contribution in [0.15, 0.2) is 24.3 Å². The van der Waals surface area contributed by atoms with E-state index >= 15 is 0 Å². The Labute approximate surface area is 120 Å². The number of para-hydroxylation sites is 1. The van der Waals surface area contributed by atoms with Crippen LogP contribution >= 0.6 is 0 Å². The fraction of sp³-hybridized carbons (Fsp3) is 0.471. The van der Waals surface area contributed by atoms with Crippen molar-refractivity contribution in [2.45, 2.75) is 38.5 Å². The summed E-state index contributed by atoms with van der Waals surface area (Å²) < 4.78 is 0. The maximum Gasteiger partial charge on any atom is 0.122 e. The summed E-state index contributed by atoms with van der Waals surface area (Å²) in [5.74, 6) is 1.75. The van der Waals surface area contributed by atoms with E-state index in [1.165, 1.54) is 38.5 Å². The van der Waals surface area contributed by atoms with Crippen molar-refractivity contribution in [3.63, 3.8) is 0 Å². The maximum absolute atomic E-state index is 9.34. The zero-order valence-corrected chi connectivity index (χ0v) is 11.8. The molecular weight excluding hydrogens is 246 g/mol. The summed E-state index contributed by atoms with van der Waals surface area (Å²) >= 11 is 0. The van der Waals surface area contributed by atoms with Gasteiger partial charge in [0.05, 0.1) is 0 Å². The highest BCUT2D eigenvalue weighted by atomic mass is 15.0. The van der Waals surface area contributed by atoms with E-state index in [0.29, 0.717) is 0 Å². The van der Waals surface area contributed by atoms with E-state index in [9.17, 15) is 5.26 Å². The number of hydrogen-bond donors (Lipinski definition) is 2. The van der Waals surface area contributed by atoms with Crippen molar-refractivity contribution in [1.82, 2.24) is 4.98 Å². The average molecular weight is 267 g/mol. The number of nitriles is 1. The van der Waals surface area contributed by atoms with Gasteiger partial charge in [-0.05, 0) is 18.4 Å². The van der Waals surface area contributed by atoms with Gasteiger partial charge >= 0.3 is 0 Å². The molecule has 104 valence electrons. The molecule has 3 rings (SSSR count). The van der Waals surface area contributed by atoms with Crippen molar-refractivity contribution in [2.75, 3.05) is 11.9 Å². The SMILES string of the molecule is N#Cc1c(NCCC2CCCCC2)[nH]c2ccccc12. The van der Waals surface area contributed by atoms with Crippen molar-refractivity contribution in [3.8, 4) is 6.07 Å². The quantitative estimate of drug-likeness (QED) is 0.861. The molecule has 0 spiro atoms. The molecule has 1 aliphatic carbocycles. The smallest absolute Gasteiger partial charge is 0.122 e. The molecule has 2 aromatic rings. The first-order valence-corrected chi connectivity index (χ1v) is 7.63. The van der Waals surface area contributed by atoms with Gasteiger partial charge in [-0.25, -0.2) is 0 Å². The minimum Gasteiger partial charge on any atom is -0.370 e. The standard InChI is InChI=1S/C17H21N3/c18-12-15-14-8-4-5-9-16(14)20-17(15)19-11-10-13-6-2-1-3-7-13/h4-5,8-9,13,19-20H,1-3,6-7,10-11H2. The second kappa shape index (κ2) is 6.00.